The lowest BCUT2D eigenvalue weighted by Gasteiger charge is -2.05. The fourth-order valence-corrected chi connectivity index (χ4v) is 2.79. The highest BCUT2D eigenvalue weighted by molar-refractivity contribution is 7.11. The van der Waals surface area contributed by atoms with Crippen LogP contribution in [0, 0.1) is 5.82 Å². The highest BCUT2D eigenvalue weighted by Crippen LogP contribution is 2.16. The van der Waals surface area contributed by atoms with E-state index in [4.69, 9.17) is 0 Å². The Morgan fingerprint density at radius 1 is 1.15 bits per heavy atom. The molecule has 0 saturated heterocycles. The Bertz CT molecular complexity index is 522. The molecule has 0 aliphatic heterocycles. The molecule has 0 amide bonds. The summed E-state index contributed by atoms with van der Waals surface area (Å²) in [5.41, 5.74) is 1.07. The predicted molar refractivity (Wildman–Crippen MR) is 80.6 cm³/mol. The second-order valence-electron chi connectivity index (χ2n) is 5.11. The van der Waals surface area contributed by atoms with Gasteiger partial charge in [-0.1, -0.05) is 26.0 Å². The smallest absolute Gasteiger partial charge is 0.123 e. The van der Waals surface area contributed by atoms with Gasteiger partial charge in [0.2, 0.25) is 0 Å². The number of aromatic nitrogens is 2. The Morgan fingerprint density at radius 2 is 1.85 bits per heavy atom. The molecule has 1 aromatic carbocycles. The fourth-order valence-electron chi connectivity index (χ4n) is 1.87. The van der Waals surface area contributed by atoms with Crippen LogP contribution in [0.4, 0.5) is 4.39 Å². The van der Waals surface area contributed by atoms with Gasteiger partial charge < -0.3 is 5.32 Å². The SMILES string of the molecule is CC(C)NCCCc1nnc(Cc2ccc(F)cc2)s1. The van der Waals surface area contributed by atoms with Crippen molar-refractivity contribution in [3.63, 3.8) is 0 Å². The number of hydrogen-bond donors (Lipinski definition) is 1. The van der Waals surface area contributed by atoms with Crippen molar-refractivity contribution in [1.29, 1.82) is 0 Å². The third-order valence-corrected chi connectivity index (χ3v) is 3.88. The Labute approximate surface area is 123 Å². The summed E-state index contributed by atoms with van der Waals surface area (Å²) in [4.78, 5) is 0. The molecule has 0 fully saturated rings. The van der Waals surface area contributed by atoms with Gasteiger partial charge in [-0.15, -0.1) is 21.5 Å². The summed E-state index contributed by atoms with van der Waals surface area (Å²) in [6.07, 6.45) is 2.76. The van der Waals surface area contributed by atoms with Crippen LogP contribution in [0.25, 0.3) is 0 Å². The average molecular weight is 293 g/mol. The average Bonchev–Trinajstić information content (AvgIpc) is 2.85. The molecule has 0 atom stereocenters. The zero-order valence-electron chi connectivity index (χ0n) is 11.9. The van der Waals surface area contributed by atoms with Crippen LogP contribution in [0.2, 0.25) is 0 Å². The van der Waals surface area contributed by atoms with Gasteiger partial charge in [0.05, 0.1) is 0 Å². The van der Waals surface area contributed by atoms with Crippen molar-refractivity contribution < 1.29 is 4.39 Å². The maximum atomic E-state index is 12.8. The first kappa shape index (κ1) is 15.1. The van der Waals surface area contributed by atoms with Crippen LogP contribution in [-0.4, -0.2) is 22.8 Å². The number of hydrogen-bond acceptors (Lipinski definition) is 4. The molecule has 0 bridgehead atoms. The van der Waals surface area contributed by atoms with Crippen LogP contribution in [0.15, 0.2) is 24.3 Å². The summed E-state index contributed by atoms with van der Waals surface area (Å²) >= 11 is 1.65. The maximum absolute atomic E-state index is 12.8. The van der Waals surface area contributed by atoms with E-state index in [2.05, 4.69) is 29.4 Å². The Hall–Kier alpha value is -1.33. The Morgan fingerprint density at radius 3 is 2.55 bits per heavy atom. The zero-order chi connectivity index (χ0) is 14.4. The van der Waals surface area contributed by atoms with Crippen molar-refractivity contribution in [2.45, 2.75) is 39.2 Å². The van der Waals surface area contributed by atoms with Crippen LogP contribution in [0.1, 0.15) is 35.8 Å². The van der Waals surface area contributed by atoms with E-state index in [0.29, 0.717) is 6.04 Å². The summed E-state index contributed by atoms with van der Waals surface area (Å²) in [7, 11) is 0. The van der Waals surface area contributed by atoms with Gasteiger partial charge >= 0.3 is 0 Å². The first-order valence-electron chi connectivity index (χ1n) is 6.92. The van der Waals surface area contributed by atoms with E-state index >= 15 is 0 Å². The van der Waals surface area contributed by atoms with Gasteiger partial charge in [0.25, 0.3) is 0 Å². The van der Waals surface area contributed by atoms with E-state index in [1.54, 1.807) is 23.5 Å². The molecule has 5 heteroatoms. The van der Waals surface area contributed by atoms with E-state index in [-0.39, 0.29) is 5.82 Å². The number of halogens is 1. The highest BCUT2D eigenvalue weighted by atomic mass is 32.1. The molecule has 1 heterocycles. The highest BCUT2D eigenvalue weighted by Gasteiger charge is 2.05. The van der Waals surface area contributed by atoms with E-state index in [9.17, 15) is 4.39 Å². The molecule has 0 spiro atoms. The van der Waals surface area contributed by atoms with Gasteiger partial charge in [-0.2, -0.15) is 0 Å². The van der Waals surface area contributed by atoms with Crippen molar-refractivity contribution in [3.8, 4) is 0 Å². The van der Waals surface area contributed by atoms with Crippen LogP contribution < -0.4 is 5.32 Å². The summed E-state index contributed by atoms with van der Waals surface area (Å²) < 4.78 is 12.8. The molecule has 3 nitrogen and oxygen atoms in total. The summed E-state index contributed by atoms with van der Waals surface area (Å²) in [5.74, 6) is -0.204. The van der Waals surface area contributed by atoms with Gasteiger partial charge in [0.1, 0.15) is 15.8 Å². The standard InChI is InChI=1S/C15H20FN3S/c1-11(2)17-9-3-4-14-18-19-15(20-14)10-12-5-7-13(16)8-6-12/h5-8,11,17H,3-4,9-10H2,1-2H3. The molecule has 0 aliphatic rings. The van der Waals surface area contributed by atoms with Crippen molar-refractivity contribution in [2.24, 2.45) is 0 Å². The molecule has 1 aromatic heterocycles. The molecule has 2 rings (SSSR count). The molecule has 0 radical (unpaired) electrons. The zero-order valence-corrected chi connectivity index (χ0v) is 12.7. The van der Waals surface area contributed by atoms with Gasteiger partial charge in [0.15, 0.2) is 0 Å². The predicted octanol–water partition coefficient (Wildman–Crippen LogP) is 3.20. The fraction of sp³-hybridized carbons (Fsp3) is 0.467. The largest absolute Gasteiger partial charge is 0.315 e. The minimum absolute atomic E-state index is 0.204. The number of nitrogens with zero attached hydrogens (tertiary/aromatic N) is 2. The van der Waals surface area contributed by atoms with E-state index < -0.39 is 0 Å². The molecule has 20 heavy (non-hydrogen) atoms. The first-order valence-corrected chi connectivity index (χ1v) is 7.74. The lowest BCUT2D eigenvalue weighted by molar-refractivity contribution is 0.569. The first-order chi connectivity index (χ1) is 9.63. The topological polar surface area (TPSA) is 37.8 Å². The van der Waals surface area contributed by atoms with Gasteiger partial charge in [-0.05, 0) is 30.7 Å². The van der Waals surface area contributed by atoms with Crippen LogP contribution in [0.3, 0.4) is 0 Å². The molecule has 2 aromatic rings. The molecule has 0 unspecified atom stereocenters. The molecular formula is C15H20FN3S. The van der Waals surface area contributed by atoms with Gasteiger partial charge in [-0.25, -0.2) is 4.39 Å². The lowest BCUT2D eigenvalue weighted by atomic mass is 10.2. The second kappa shape index (κ2) is 7.45. The minimum Gasteiger partial charge on any atom is -0.315 e. The van der Waals surface area contributed by atoms with Crippen molar-refractivity contribution in [2.75, 3.05) is 6.54 Å². The summed E-state index contributed by atoms with van der Waals surface area (Å²) in [6, 6.07) is 7.08. The van der Waals surface area contributed by atoms with Crippen LogP contribution in [-0.2, 0) is 12.8 Å². The molecular weight excluding hydrogens is 273 g/mol. The minimum atomic E-state index is -0.204. The van der Waals surface area contributed by atoms with Gasteiger partial charge in [-0.3, -0.25) is 0 Å². The van der Waals surface area contributed by atoms with Gasteiger partial charge in [0, 0.05) is 18.9 Å². The molecule has 0 aliphatic carbocycles. The van der Waals surface area contributed by atoms with E-state index in [0.717, 1.165) is 41.4 Å². The van der Waals surface area contributed by atoms with Crippen molar-refractivity contribution >= 4 is 11.3 Å². The van der Waals surface area contributed by atoms with Crippen molar-refractivity contribution in [1.82, 2.24) is 15.5 Å². The number of nitrogens with one attached hydrogen (secondary N) is 1. The second-order valence-corrected chi connectivity index (χ2v) is 6.25. The lowest BCUT2D eigenvalue weighted by Crippen LogP contribution is -2.23. The monoisotopic (exact) mass is 293 g/mol. The molecule has 108 valence electrons. The Kier molecular flexibility index (Phi) is 5.61. The summed E-state index contributed by atoms with van der Waals surface area (Å²) in [5, 5.41) is 13.9. The van der Waals surface area contributed by atoms with Crippen molar-refractivity contribution in [3.05, 3.63) is 45.7 Å². The molecule has 1 N–H and O–H groups in total. The quantitative estimate of drug-likeness (QED) is 0.797. The van der Waals surface area contributed by atoms with Crippen LogP contribution >= 0.6 is 11.3 Å². The normalized spacial score (nSPS) is 11.2. The van der Waals surface area contributed by atoms with Crippen LogP contribution in [0.5, 0.6) is 0 Å². The number of benzene rings is 1. The number of rotatable bonds is 7. The summed E-state index contributed by atoms with van der Waals surface area (Å²) in [6.45, 7) is 5.29. The third-order valence-electron chi connectivity index (χ3n) is 2.90. The third kappa shape index (κ3) is 4.98. The Balaban J connectivity index is 1.81. The van der Waals surface area contributed by atoms with E-state index in [1.165, 1.54) is 12.1 Å². The molecule has 0 saturated carbocycles. The maximum Gasteiger partial charge on any atom is 0.123 e. The number of aryl methyl sites for hydroxylation is 1. The van der Waals surface area contributed by atoms with E-state index in [1.807, 2.05) is 0 Å².